The van der Waals surface area contributed by atoms with Crippen molar-refractivity contribution in [2.24, 2.45) is 0 Å². The Bertz CT molecular complexity index is 0. The van der Waals surface area contributed by atoms with Crippen molar-refractivity contribution in [3.8, 4) is 0 Å². The van der Waals surface area contributed by atoms with Gasteiger partial charge in [0.25, 0.3) is 0 Å². The third-order valence-electron chi connectivity index (χ3n) is 0. The molecule has 0 aromatic heterocycles. The fourth-order valence-electron chi connectivity index (χ4n) is 0. The monoisotopic (exact) mass is 635 g/mol. The van der Waals surface area contributed by atoms with Gasteiger partial charge in [-0.1, -0.05) is 0 Å². The predicted molar refractivity (Wildman–Crippen MR) is 0 cm³/mol. The van der Waals surface area contributed by atoms with Crippen LogP contribution in [-0.4, -0.2) is 0 Å². The Kier molecular flexibility index (Phi) is 193. The van der Waals surface area contributed by atoms with Gasteiger partial charge in [0.2, 0.25) is 0 Å². The second-order valence-corrected chi connectivity index (χ2v) is 0. The van der Waals surface area contributed by atoms with Crippen LogP contribution in [0.1, 0.15) is 0 Å². The van der Waals surface area contributed by atoms with Crippen molar-refractivity contribution in [1.82, 2.24) is 0 Å². The molecule has 5 heavy (non-hydrogen) atoms. The Labute approximate surface area is 117 Å². The third kappa shape index (κ3) is 18.3. The highest BCUT2D eigenvalue weighted by Gasteiger charge is -0.996. The summed E-state index contributed by atoms with van der Waals surface area (Å²) in [6.45, 7) is 0. The molecule has 0 aliphatic heterocycles. The molecule has 0 radical (unpaired) electrons. The van der Waals surface area contributed by atoms with Crippen LogP contribution < -0.4 is 120 Å². The molecule has 40 valence electrons. The SMILES string of the molecule is [I-].[I-].[I-].[I-].[I-]. The van der Waals surface area contributed by atoms with Gasteiger partial charge in [0.1, 0.15) is 0 Å². The molecule has 0 atom stereocenters. The third-order valence-corrected chi connectivity index (χ3v) is 0. The maximum atomic E-state index is 0. The molecule has 5 heteroatoms. The van der Waals surface area contributed by atoms with Crippen LogP contribution >= 0.6 is 0 Å². The zero-order valence-electron chi connectivity index (χ0n) is 1.89. The van der Waals surface area contributed by atoms with E-state index in [4.69, 9.17) is 0 Å². The second kappa shape index (κ2) is 25.4. The lowest BCUT2D eigenvalue weighted by Gasteiger charge is -1.00. The van der Waals surface area contributed by atoms with E-state index in [2.05, 4.69) is 0 Å². The van der Waals surface area contributed by atoms with Crippen molar-refractivity contribution in [3.05, 3.63) is 0 Å². The fourth-order valence-corrected chi connectivity index (χ4v) is 0. The first-order chi connectivity index (χ1) is 0. The summed E-state index contributed by atoms with van der Waals surface area (Å²) in [7, 11) is 0. The summed E-state index contributed by atoms with van der Waals surface area (Å²) >= 11 is 0. The van der Waals surface area contributed by atoms with Gasteiger partial charge in [-0.15, -0.1) is 0 Å². The maximum absolute atomic E-state index is 0. The van der Waals surface area contributed by atoms with E-state index < -0.39 is 0 Å². The van der Waals surface area contributed by atoms with Crippen LogP contribution in [0.3, 0.4) is 0 Å². The summed E-state index contributed by atoms with van der Waals surface area (Å²) < 4.78 is 0. The maximum Gasteiger partial charge on any atom is -1.00 e. The summed E-state index contributed by atoms with van der Waals surface area (Å²) in [5, 5.41) is 0. The van der Waals surface area contributed by atoms with Crippen LogP contribution in [-0.2, 0) is 0 Å². The largest absolute Gasteiger partial charge is 1.00 e. The van der Waals surface area contributed by atoms with Gasteiger partial charge in [0.05, 0.1) is 0 Å². The van der Waals surface area contributed by atoms with E-state index in [1.54, 1.807) is 0 Å². The Balaban J connectivity index is 0. The molecule has 0 heterocycles. The highest BCUT2D eigenvalue weighted by atomic mass is 127. The lowest BCUT2D eigenvalue weighted by Crippen LogP contribution is -3.00. The Hall–Kier alpha value is 3.65. The van der Waals surface area contributed by atoms with Gasteiger partial charge in [-0.3, -0.25) is 0 Å². The van der Waals surface area contributed by atoms with Gasteiger partial charge in [0, 0.05) is 0 Å². The van der Waals surface area contributed by atoms with Crippen LogP contribution in [0.5, 0.6) is 0 Å². The average Bonchev–Trinajstić information content (AvgIpc) is 0. The molecule has 0 amide bonds. The summed E-state index contributed by atoms with van der Waals surface area (Å²) in [4.78, 5) is 0. The molecule has 0 saturated heterocycles. The van der Waals surface area contributed by atoms with Crippen molar-refractivity contribution in [2.75, 3.05) is 0 Å². The first-order valence-corrected chi connectivity index (χ1v) is 0. The molecule has 0 N–H and O–H groups in total. The Morgan fingerprint density at radius 3 is 0.200 bits per heavy atom. The van der Waals surface area contributed by atoms with Crippen molar-refractivity contribution in [1.29, 1.82) is 0 Å². The molecule has 0 saturated carbocycles. The van der Waals surface area contributed by atoms with E-state index in [1.807, 2.05) is 0 Å². The number of hydrogen-bond donors (Lipinski definition) is 0. The smallest absolute Gasteiger partial charge is 1.00 e. The first-order valence-electron chi connectivity index (χ1n) is 0. The van der Waals surface area contributed by atoms with Crippen molar-refractivity contribution >= 4 is 0 Å². The summed E-state index contributed by atoms with van der Waals surface area (Å²) in [6, 6.07) is 0. The summed E-state index contributed by atoms with van der Waals surface area (Å²) in [6.07, 6.45) is 0. The van der Waals surface area contributed by atoms with Crippen LogP contribution in [0.2, 0.25) is 0 Å². The number of hydrogen-bond acceptors (Lipinski definition) is 0. The van der Waals surface area contributed by atoms with Crippen LogP contribution in [0.15, 0.2) is 0 Å². The minimum atomic E-state index is 0. The zero-order valence-corrected chi connectivity index (χ0v) is 12.7. The van der Waals surface area contributed by atoms with Crippen molar-refractivity contribution in [2.45, 2.75) is 0 Å². The summed E-state index contributed by atoms with van der Waals surface area (Å²) in [5.74, 6) is 0. The van der Waals surface area contributed by atoms with Gasteiger partial charge >= 0.3 is 0 Å². The molecule has 0 aliphatic carbocycles. The molecule has 0 aromatic carbocycles. The second-order valence-electron chi connectivity index (χ2n) is 0. The molecular formula is I5-5. The van der Waals surface area contributed by atoms with Crippen molar-refractivity contribution < 1.29 is 120 Å². The lowest BCUT2D eigenvalue weighted by molar-refractivity contribution is -0.00100. The van der Waals surface area contributed by atoms with Crippen LogP contribution in [0.4, 0.5) is 0 Å². The molecule has 0 aliphatic rings. The molecular weight excluding hydrogens is 635 g/mol. The molecule has 0 bridgehead atoms. The molecule has 0 fully saturated rings. The molecule has 0 aromatic rings. The van der Waals surface area contributed by atoms with Crippen LogP contribution in [0.25, 0.3) is 0 Å². The Morgan fingerprint density at radius 2 is 0.200 bits per heavy atom. The first kappa shape index (κ1) is 38.0. The lowest BCUT2D eigenvalue weighted by atomic mass is 127. The molecule has 0 unspecified atom stereocenters. The number of rotatable bonds is 0. The van der Waals surface area contributed by atoms with Gasteiger partial charge in [-0.2, -0.15) is 0 Å². The summed E-state index contributed by atoms with van der Waals surface area (Å²) in [5.41, 5.74) is 0. The van der Waals surface area contributed by atoms with Gasteiger partial charge in [-0.05, 0) is 0 Å². The normalized spacial score (nSPS) is 0. The van der Waals surface area contributed by atoms with E-state index in [0.29, 0.717) is 0 Å². The van der Waals surface area contributed by atoms with Gasteiger partial charge < -0.3 is 120 Å². The van der Waals surface area contributed by atoms with Gasteiger partial charge in [0.15, 0.2) is 0 Å². The average molecular weight is 635 g/mol. The minimum Gasteiger partial charge on any atom is -1.00 e. The standard InChI is InChI=1S/5HI/h5*1H/p-5. The topological polar surface area (TPSA) is 0 Å². The fraction of sp³-hybridized carbons (Fsp3) is 0. The van der Waals surface area contributed by atoms with E-state index in [9.17, 15) is 0 Å². The van der Waals surface area contributed by atoms with E-state index in [-0.39, 0.29) is 120 Å². The molecule has 0 spiro atoms. The zero-order chi connectivity index (χ0) is 0. The molecule has 0 nitrogen and oxygen atoms in total. The highest BCUT2D eigenvalue weighted by molar-refractivity contribution is 0.00400. The van der Waals surface area contributed by atoms with E-state index >= 15 is 0 Å². The van der Waals surface area contributed by atoms with Crippen LogP contribution in [0, 0.1) is 0 Å². The Morgan fingerprint density at radius 1 is 0.200 bits per heavy atom. The van der Waals surface area contributed by atoms with E-state index in [1.165, 1.54) is 0 Å². The quantitative estimate of drug-likeness (QED) is 0.233. The minimum absolute atomic E-state index is 0. The number of halogens is 5. The molecule has 0 rings (SSSR count). The highest BCUT2D eigenvalue weighted by Crippen LogP contribution is -2.99. The van der Waals surface area contributed by atoms with Crippen molar-refractivity contribution in [3.63, 3.8) is 0 Å². The predicted octanol–water partition coefficient (Wildman–Crippen LogP) is -15.0. The van der Waals surface area contributed by atoms with E-state index in [0.717, 1.165) is 0 Å². The van der Waals surface area contributed by atoms with Gasteiger partial charge in [-0.25, -0.2) is 0 Å².